The van der Waals surface area contributed by atoms with E-state index in [9.17, 15) is 9.59 Å². The van der Waals surface area contributed by atoms with Crippen molar-refractivity contribution in [2.45, 2.75) is 57.2 Å². The number of thioether (sulfide) groups is 1. The zero-order valence-corrected chi connectivity index (χ0v) is 15.5. The first-order valence-corrected chi connectivity index (χ1v) is 9.87. The molecule has 2 fully saturated rings. The van der Waals surface area contributed by atoms with Gasteiger partial charge in [0.05, 0.1) is 12.0 Å². The van der Waals surface area contributed by atoms with Crippen LogP contribution in [-0.2, 0) is 9.59 Å². The summed E-state index contributed by atoms with van der Waals surface area (Å²) in [5, 5.41) is 0. The van der Waals surface area contributed by atoms with Crippen molar-refractivity contribution in [3.8, 4) is 0 Å². The lowest BCUT2D eigenvalue weighted by Gasteiger charge is -2.44. The summed E-state index contributed by atoms with van der Waals surface area (Å²) in [7, 11) is 0. The summed E-state index contributed by atoms with van der Waals surface area (Å²) >= 11 is 2.06. The van der Waals surface area contributed by atoms with E-state index >= 15 is 0 Å². The fraction of sp³-hybridized carbons (Fsp3) is 0.882. The molecule has 0 aliphatic carbocycles. The van der Waals surface area contributed by atoms with Gasteiger partial charge in [0.2, 0.25) is 11.8 Å². The molecule has 2 aliphatic heterocycles. The van der Waals surface area contributed by atoms with Gasteiger partial charge in [0.1, 0.15) is 0 Å². The van der Waals surface area contributed by atoms with Crippen molar-refractivity contribution < 1.29 is 9.59 Å². The predicted molar refractivity (Wildman–Crippen MR) is 95.3 cm³/mol. The number of nitrogens with two attached hydrogens (primary N) is 1. The fourth-order valence-electron chi connectivity index (χ4n) is 3.71. The van der Waals surface area contributed by atoms with Crippen LogP contribution < -0.4 is 5.73 Å². The number of piperidine rings is 1. The Labute approximate surface area is 144 Å². The third-order valence-corrected chi connectivity index (χ3v) is 7.31. The summed E-state index contributed by atoms with van der Waals surface area (Å²) in [4.78, 5) is 28.5. The zero-order chi connectivity index (χ0) is 17.0. The van der Waals surface area contributed by atoms with Gasteiger partial charge in [-0.3, -0.25) is 14.5 Å². The normalized spacial score (nSPS) is 26.7. The van der Waals surface area contributed by atoms with Crippen LogP contribution in [0.4, 0.5) is 0 Å². The van der Waals surface area contributed by atoms with E-state index < -0.39 is 0 Å². The molecule has 0 saturated carbocycles. The minimum Gasteiger partial charge on any atom is -0.369 e. The second-order valence-corrected chi connectivity index (χ2v) is 8.47. The first-order chi connectivity index (χ1) is 10.9. The number of hydrogen-bond acceptors (Lipinski definition) is 4. The maximum Gasteiger partial charge on any atom is 0.239 e. The van der Waals surface area contributed by atoms with Crippen molar-refractivity contribution in [3.05, 3.63) is 0 Å². The molecule has 0 aromatic rings. The first-order valence-electron chi connectivity index (χ1n) is 8.88. The lowest BCUT2D eigenvalue weighted by molar-refractivity contribution is -0.139. The van der Waals surface area contributed by atoms with E-state index in [-0.39, 0.29) is 28.5 Å². The molecule has 0 bridgehead atoms. The summed E-state index contributed by atoms with van der Waals surface area (Å²) in [6.07, 6.45) is 3.95. The number of likely N-dealkylation sites (tertiary alicyclic amines) is 1. The highest BCUT2D eigenvalue weighted by atomic mass is 32.2. The van der Waals surface area contributed by atoms with Crippen LogP contribution in [0.15, 0.2) is 0 Å². The van der Waals surface area contributed by atoms with E-state index in [1.165, 1.54) is 0 Å². The van der Waals surface area contributed by atoms with Gasteiger partial charge in [-0.15, -0.1) is 0 Å². The first kappa shape index (κ1) is 18.6. The molecule has 6 heteroatoms. The average molecular weight is 342 g/mol. The Hall–Kier alpha value is -0.750. The number of primary amides is 1. The highest BCUT2D eigenvalue weighted by Gasteiger charge is 2.38. The molecular weight excluding hydrogens is 310 g/mol. The smallest absolute Gasteiger partial charge is 0.239 e. The molecule has 2 heterocycles. The molecule has 0 radical (unpaired) electrons. The fourth-order valence-corrected chi connectivity index (χ4v) is 5.14. The molecule has 0 aromatic heterocycles. The minimum atomic E-state index is -0.277. The Morgan fingerprint density at radius 2 is 2.00 bits per heavy atom. The van der Waals surface area contributed by atoms with Crippen LogP contribution in [0.2, 0.25) is 0 Å². The van der Waals surface area contributed by atoms with Gasteiger partial charge in [-0.2, -0.15) is 11.8 Å². The van der Waals surface area contributed by atoms with Gasteiger partial charge < -0.3 is 10.6 Å². The Kier molecular flexibility index (Phi) is 6.37. The van der Waals surface area contributed by atoms with Crippen LogP contribution in [0, 0.1) is 5.92 Å². The number of hydrogen-bond donors (Lipinski definition) is 1. The van der Waals surface area contributed by atoms with Crippen molar-refractivity contribution >= 4 is 23.6 Å². The van der Waals surface area contributed by atoms with E-state index in [0.717, 1.165) is 51.1 Å². The molecule has 23 heavy (non-hydrogen) atoms. The highest BCUT2D eigenvalue weighted by molar-refractivity contribution is 8.00. The molecule has 2 aliphatic rings. The molecule has 2 saturated heterocycles. The summed E-state index contributed by atoms with van der Waals surface area (Å²) in [5.74, 6) is 0.787. The molecule has 132 valence electrons. The molecule has 2 atom stereocenters. The van der Waals surface area contributed by atoms with Gasteiger partial charge in [-0.1, -0.05) is 13.8 Å². The van der Waals surface area contributed by atoms with Crippen molar-refractivity contribution in [1.82, 2.24) is 9.80 Å². The number of rotatable bonds is 5. The van der Waals surface area contributed by atoms with Crippen LogP contribution in [0.1, 0.15) is 46.5 Å². The third-order valence-electron chi connectivity index (χ3n) is 5.61. The summed E-state index contributed by atoms with van der Waals surface area (Å²) in [5.41, 5.74) is 5.43. The lowest BCUT2D eigenvalue weighted by atomic mass is 9.96. The summed E-state index contributed by atoms with van der Waals surface area (Å²) in [6.45, 7) is 9.69. The van der Waals surface area contributed by atoms with E-state index in [1.807, 2.05) is 11.8 Å². The second kappa shape index (κ2) is 7.88. The molecule has 0 aromatic carbocycles. The van der Waals surface area contributed by atoms with E-state index in [4.69, 9.17) is 5.73 Å². The van der Waals surface area contributed by atoms with Gasteiger partial charge in [0.25, 0.3) is 0 Å². The molecular formula is C17H31N3O2S. The van der Waals surface area contributed by atoms with Gasteiger partial charge in [-0.25, -0.2) is 0 Å². The second-order valence-electron chi connectivity index (χ2n) is 6.91. The Morgan fingerprint density at radius 3 is 2.61 bits per heavy atom. The van der Waals surface area contributed by atoms with E-state index in [1.54, 1.807) is 0 Å². The van der Waals surface area contributed by atoms with Gasteiger partial charge in [-0.05, 0) is 32.6 Å². The predicted octanol–water partition coefficient (Wildman–Crippen LogP) is 1.71. The Balaban J connectivity index is 2.00. The van der Waals surface area contributed by atoms with Gasteiger partial charge >= 0.3 is 0 Å². The summed E-state index contributed by atoms with van der Waals surface area (Å²) < 4.78 is 0.282. The average Bonchev–Trinajstić information content (AvgIpc) is 2.60. The van der Waals surface area contributed by atoms with Crippen LogP contribution >= 0.6 is 11.8 Å². The van der Waals surface area contributed by atoms with E-state index in [2.05, 4.69) is 30.5 Å². The molecule has 0 unspecified atom stereocenters. The summed E-state index contributed by atoms with van der Waals surface area (Å²) in [6, 6.07) is -0.111. The van der Waals surface area contributed by atoms with Crippen molar-refractivity contribution in [2.24, 2.45) is 11.7 Å². The molecule has 2 amide bonds. The quantitative estimate of drug-likeness (QED) is 0.827. The van der Waals surface area contributed by atoms with Gasteiger partial charge in [0.15, 0.2) is 0 Å². The monoisotopic (exact) mass is 341 g/mol. The van der Waals surface area contributed by atoms with Crippen molar-refractivity contribution in [2.75, 3.05) is 31.9 Å². The SMILES string of the molecule is CCC1(CC)CN([C@@H](C)C(=O)N2CCC[C@@H](C(N)=O)C2)CCS1. The zero-order valence-electron chi connectivity index (χ0n) is 14.7. The Morgan fingerprint density at radius 1 is 1.30 bits per heavy atom. The largest absolute Gasteiger partial charge is 0.369 e. The van der Waals surface area contributed by atoms with E-state index in [0.29, 0.717) is 6.54 Å². The number of amides is 2. The maximum absolute atomic E-state index is 12.9. The number of carbonyl (C=O) groups excluding carboxylic acids is 2. The lowest BCUT2D eigenvalue weighted by Crippen LogP contribution is -2.56. The van der Waals surface area contributed by atoms with Crippen LogP contribution in [0.5, 0.6) is 0 Å². The molecule has 2 N–H and O–H groups in total. The number of carbonyl (C=O) groups is 2. The topological polar surface area (TPSA) is 66.6 Å². The minimum absolute atomic E-state index is 0.111. The van der Waals surface area contributed by atoms with Crippen LogP contribution in [0.25, 0.3) is 0 Å². The van der Waals surface area contributed by atoms with Crippen LogP contribution in [-0.4, -0.2) is 64.3 Å². The van der Waals surface area contributed by atoms with Crippen molar-refractivity contribution in [3.63, 3.8) is 0 Å². The maximum atomic E-state index is 12.9. The Bertz CT molecular complexity index is 440. The van der Waals surface area contributed by atoms with Crippen LogP contribution in [0.3, 0.4) is 0 Å². The number of nitrogens with zero attached hydrogens (tertiary/aromatic N) is 2. The molecule has 5 nitrogen and oxygen atoms in total. The third kappa shape index (κ3) is 4.21. The molecule has 2 rings (SSSR count). The van der Waals surface area contributed by atoms with Gasteiger partial charge in [0, 0.05) is 36.7 Å². The van der Waals surface area contributed by atoms with Crippen molar-refractivity contribution in [1.29, 1.82) is 0 Å². The standard InChI is InChI=1S/C17H31N3O2S/c1-4-17(5-2)12-20(9-10-23-17)13(3)16(22)19-8-6-7-14(11-19)15(18)21/h13-14H,4-12H2,1-3H3,(H2,18,21)/t13-,14+/m0/s1. The highest BCUT2D eigenvalue weighted by Crippen LogP contribution is 2.37. The molecule has 0 spiro atoms.